The fourth-order valence-corrected chi connectivity index (χ4v) is 4.04. The van der Waals surface area contributed by atoms with E-state index in [4.69, 9.17) is 5.11 Å². The normalized spacial score (nSPS) is 19.5. The van der Waals surface area contributed by atoms with Crippen LogP contribution in [0.2, 0.25) is 0 Å². The van der Waals surface area contributed by atoms with Crippen molar-refractivity contribution in [2.45, 2.75) is 58.4 Å². The van der Waals surface area contributed by atoms with Crippen molar-refractivity contribution in [3.05, 3.63) is 0 Å². The molecule has 0 spiro atoms. The summed E-state index contributed by atoms with van der Waals surface area (Å²) in [6, 6.07) is -1.03. The van der Waals surface area contributed by atoms with Crippen LogP contribution in [0.5, 0.6) is 0 Å². The van der Waals surface area contributed by atoms with Gasteiger partial charge in [0, 0.05) is 0 Å². The number of nitrogens with one attached hydrogen (secondary N) is 1. The van der Waals surface area contributed by atoms with Crippen molar-refractivity contribution < 1.29 is 18.3 Å². The maximum Gasteiger partial charge on any atom is 0.321 e. The minimum absolute atomic E-state index is 0.0359. The van der Waals surface area contributed by atoms with E-state index < -0.39 is 22.0 Å². The van der Waals surface area contributed by atoms with E-state index >= 15 is 0 Å². The number of carboxylic acids is 1. The Balaban J connectivity index is 2.48. The van der Waals surface area contributed by atoms with E-state index in [9.17, 15) is 13.2 Å². The van der Waals surface area contributed by atoms with Gasteiger partial charge in [-0.15, -0.1) is 0 Å². The Morgan fingerprint density at radius 2 is 1.84 bits per heavy atom. The highest BCUT2D eigenvalue weighted by atomic mass is 32.2. The van der Waals surface area contributed by atoms with E-state index in [-0.39, 0.29) is 11.7 Å². The molecule has 0 bridgehead atoms. The van der Waals surface area contributed by atoms with Crippen LogP contribution in [0.15, 0.2) is 0 Å². The van der Waals surface area contributed by atoms with Gasteiger partial charge in [0.2, 0.25) is 10.0 Å². The van der Waals surface area contributed by atoms with Gasteiger partial charge in [-0.2, -0.15) is 0 Å². The minimum atomic E-state index is -3.50. The molecule has 1 atom stereocenters. The average Bonchev–Trinajstić information content (AvgIpc) is 2.34. The zero-order valence-corrected chi connectivity index (χ0v) is 12.6. The molecule has 0 aliphatic heterocycles. The van der Waals surface area contributed by atoms with Crippen LogP contribution in [0.25, 0.3) is 0 Å². The second-order valence-electron chi connectivity index (χ2n) is 5.79. The molecular weight excluding hydrogens is 266 g/mol. The van der Waals surface area contributed by atoms with Crippen molar-refractivity contribution in [3.8, 4) is 0 Å². The number of carbonyl (C=O) groups is 1. The van der Waals surface area contributed by atoms with Gasteiger partial charge in [0.15, 0.2) is 0 Å². The predicted octanol–water partition coefficient (Wildman–Crippen LogP) is 1.99. The molecule has 0 heterocycles. The number of rotatable bonds is 7. The summed E-state index contributed by atoms with van der Waals surface area (Å²) in [4.78, 5) is 11.0. The Morgan fingerprint density at radius 3 is 2.32 bits per heavy atom. The Hall–Kier alpha value is -0.620. The summed E-state index contributed by atoms with van der Waals surface area (Å²) in [5.74, 6) is -0.861. The first-order valence-electron chi connectivity index (χ1n) is 7.04. The third kappa shape index (κ3) is 5.91. The van der Waals surface area contributed by atoms with E-state index in [1.54, 1.807) is 13.8 Å². The molecule has 0 aromatic carbocycles. The first-order valence-corrected chi connectivity index (χ1v) is 8.70. The SMILES string of the molecule is CC(C)[C@H](NS(=O)(=O)CCC1CCCCC1)C(=O)O. The molecule has 5 nitrogen and oxygen atoms in total. The van der Waals surface area contributed by atoms with Crippen molar-refractivity contribution >= 4 is 16.0 Å². The summed E-state index contributed by atoms with van der Waals surface area (Å²) >= 11 is 0. The second kappa shape index (κ2) is 7.24. The molecule has 0 aromatic heterocycles. The minimum Gasteiger partial charge on any atom is -0.480 e. The average molecular weight is 291 g/mol. The smallest absolute Gasteiger partial charge is 0.321 e. The van der Waals surface area contributed by atoms with Crippen LogP contribution < -0.4 is 4.72 Å². The van der Waals surface area contributed by atoms with E-state index in [1.165, 1.54) is 19.3 Å². The van der Waals surface area contributed by atoms with Gasteiger partial charge in [-0.1, -0.05) is 46.0 Å². The molecule has 0 saturated heterocycles. The van der Waals surface area contributed by atoms with Crippen LogP contribution >= 0.6 is 0 Å². The number of aliphatic carboxylic acids is 1. The lowest BCUT2D eigenvalue weighted by Gasteiger charge is -2.22. The van der Waals surface area contributed by atoms with Crippen LogP contribution in [-0.4, -0.2) is 31.3 Å². The van der Waals surface area contributed by atoms with Crippen LogP contribution in [-0.2, 0) is 14.8 Å². The topological polar surface area (TPSA) is 83.5 Å². The fourth-order valence-electron chi connectivity index (χ4n) is 2.52. The predicted molar refractivity (Wildman–Crippen MR) is 74.4 cm³/mol. The van der Waals surface area contributed by atoms with Gasteiger partial charge in [-0.05, 0) is 18.3 Å². The summed E-state index contributed by atoms with van der Waals surface area (Å²) in [5, 5.41) is 9.00. The monoisotopic (exact) mass is 291 g/mol. The van der Waals surface area contributed by atoms with Crippen LogP contribution in [0.4, 0.5) is 0 Å². The van der Waals surface area contributed by atoms with E-state index in [0.29, 0.717) is 12.3 Å². The van der Waals surface area contributed by atoms with Crippen molar-refractivity contribution in [1.82, 2.24) is 4.72 Å². The molecule has 1 saturated carbocycles. The highest BCUT2D eigenvalue weighted by Crippen LogP contribution is 2.26. The lowest BCUT2D eigenvalue weighted by atomic mass is 9.88. The van der Waals surface area contributed by atoms with Crippen LogP contribution in [0, 0.1) is 11.8 Å². The molecule has 1 fully saturated rings. The Bertz CT molecular complexity index is 385. The second-order valence-corrected chi connectivity index (χ2v) is 7.66. The van der Waals surface area contributed by atoms with E-state index in [0.717, 1.165) is 12.8 Å². The largest absolute Gasteiger partial charge is 0.480 e. The highest BCUT2D eigenvalue weighted by molar-refractivity contribution is 7.89. The molecule has 6 heteroatoms. The number of sulfonamides is 1. The standard InChI is InChI=1S/C13H25NO4S/c1-10(2)12(13(15)16)14-19(17,18)9-8-11-6-4-3-5-7-11/h10-12,14H,3-9H2,1-2H3,(H,15,16)/t12-/m0/s1. The number of hydrogen-bond acceptors (Lipinski definition) is 3. The van der Waals surface area contributed by atoms with Gasteiger partial charge in [0.05, 0.1) is 5.75 Å². The van der Waals surface area contributed by atoms with E-state index in [1.807, 2.05) is 0 Å². The first kappa shape index (κ1) is 16.4. The van der Waals surface area contributed by atoms with Crippen molar-refractivity contribution in [2.75, 3.05) is 5.75 Å². The molecule has 1 aliphatic rings. The highest BCUT2D eigenvalue weighted by Gasteiger charge is 2.27. The van der Waals surface area contributed by atoms with Crippen molar-refractivity contribution in [2.24, 2.45) is 11.8 Å². The maximum absolute atomic E-state index is 11.9. The number of carboxylic acid groups (broad SMARTS) is 1. The maximum atomic E-state index is 11.9. The molecule has 112 valence electrons. The van der Waals surface area contributed by atoms with Gasteiger partial charge in [0.1, 0.15) is 6.04 Å². The molecule has 2 N–H and O–H groups in total. The summed E-state index contributed by atoms with van der Waals surface area (Å²) in [6.07, 6.45) is 6.45. The third-order valence-electron chi connectivity index (χ3n) is 3.76. The van der Waals surface area contributed by atoms with Gasteiger partial charge >= 0.3 is 5.97 Å². The first-order chi connectivity index (χ1) is 8.82. The van der Waals surface area contributed by atoms with Gasteiger partial charge in [-0.3, -0.25) is 4.79 Å². The molecule has 19 heavy (non-hydrogen) atoms. The lowest BCUT2D eigenvalue weighted by molar-refractivity contribution is -0.140. The summed E-state index contributed by atoms with van der Waals surface area (Å²) in [5.41, 5.74) is 0. The molecule has 0 unspecified atom stereocenters. The molecule has 1 aliphatic carbocycles. The summed E-state index contributed by atoms with van der Waals surface area (Å²) in [7, 11) is -3.50. The van der Waals surface area contributed by atoms with Gasteiger partial charge < -0.3 is 5.11 Å². The molecule has 0 radical (unpaired) electrons. The fraction of sp³-hybridized carbons (Fsp3) is 0.923. The van der Waals surface area contributed by atoms with E-state index in [2.05, 4.69) is 4.72 Å². The third-order valence-corrected chi connectivity index (χ3v) is 5.15. The quantitative estimate of drug-likeness (QED) is 0.751. The van der Waals surface area contributed by atoms with Crippen LogP contribution in [0.3, 0.4) is 0 Å². The Kier molecular flexibility index (Phi) is 6.26. The van der Waals surface area contributed by atoms with Crippen molar-refractivity contribution in [1.29, 1.82) is 0 Å². The van der Waals surface area contributed by atoms with Crippen molar-refractivity contribution in [3.63, 3.8) is 0 Å². The lowest BCUT2D eigenvalue weighted by Crippen LogP contribution is -2.45. The summed E-state index contributed by atoms with van der Waals surface area (Å²) in [6.45, 7) is 3.39. The molecule has 0 amide bonds. The Morgan fingerprint density at radius 1 is 1.26 bits per heavy atom. The van der Waals surface area contributed by atoms with Gasteiger partial charge in [-0.25, -0.2) is 13.1 Å². The Labute approximate surface area is 115 Å². The van der Waals surface area contributed by atoms with Gasteiger partial charge in [0.25, 0.3) is 0 Å². The molecule has 1 rings (SSSR count). The number of hydrogen-bond donors (Lipinski definition) is 2. The zero-order valence-electron chi connectivity index (χ0n) is 11.8. The zero-order chi connectivity index (χ0) is 14.5. The molecule has 0 aromatic rings. The summed E-state index contributed by atoms with van der Waals surface area (Å²) < 4.78 is 26.1. The molecular formula is C13H25NO4S. The van der Waals surface area contributed by atoms with Crippen LogP contribution in [0.1, 0.15) is 52.4 Å².